The quantitative estimate of drug-likeness (QED) is 0.804. The van der Waals surface area contributed by atoms with E-state index in [-0.39, 0.29) is 23.4 Å². The van der Waals surface area contributed by atoms with Crippen molar-refractivity contribution >= 4 is 26.8 Å². The van der Waals surface area contributed by atoms with Crippen molar-refractivity contribution in [1.82, 2.24) is 20.1 Å². The molecule has 2 aromatic rings. The second-order valence-corrected chi connectivity index (χ2v) is 7.83. The van der Waals surface area contributed by atoms with Crippen LogP contribution in [0.25, 0.3) is 11.0 Å². The molecule has 0 N–H and O–H groups in total. The van der Waals surface area contributed by atoms with E-state index in [0.29, 0.717) is 17.5 Å². The highest BCUT2D eigenvalue weighted by molar-refractivity contribution is 7.91. The first-order valence-corrected chi connectivity index (χ1v) is 8.76. The molecule has 1 aliphatic heterocycles. The van der Waals surface area contributed by atoms with Crippen molar-refractivity contribution in [2.45, 2.75) is 19.4 Å². The van der Waals surface area contributed by atoms with Gasteiger partial charge in [0.2, 0.25) is 5.82 Å². The third-order valence-electron chi connectivity index (χ3n) is 3.88. The van der Waals surface area contributed by atoms with Gasteiger partial charge in [-0.3, -0.25) is 4.79 Å². The van der Waals surface area contributed by atoms with Crippen molar-refractivity contribution in [1.29, 1.82) is 0 Å². The van der Waals surface area contributed by atoms with Crippen molar-refractivity contribution in [3.63, 3.8) is 0 Å². The molecule has 1 saturated heterocycles. The number of amides is 1. The van der Waals surface area contributed by atoms with Crippen molar-refractivity contribution < 1.29 is 13.2 Å². The number of nitrogens with zero attached hydrogens (tertiary/aromatic N) is 4. The van der Waals surface area contributed by atoms with Gasteiger partial charge in [0.1, 0.15) is 5.52 Å². The Morgan fingerprint density at radius 2 is 2.05 bits per heavy atom. The van der Waals surface area contributed by atoms with E-state index in [4.69, 9.17) is 0 Å². The van der Waals surface area contributed by atoms with Crippen LogP contribution in [0, 0.1) is 6.92 Å². The SMILES string of the molecule is Cc1ccc2nnc(C(=O)N(C)C3CCS(=O)(=O)C3)nc2c1. The molecule has 1 amide bonds. The lowest BCUT2D eigenvalue weighted by molar-refractivity contribution is 0.0734. The summed E-state index contributed by atoms with van der Waals surface area (Å²) in [6, 6.07) is 5.21. The number of hydrogen-bond acceptors (Lipinski definition) is 6. The Balaban J connectivity index is 1.88. The molecular weight excluding hydrogens is 304 g/mol. The largest absolute Gasteiger partial charge is 0.335 e. The van der Waals surface area contributed by atoms with Crippen LogP contribution < -0.4 is 0 Å². The fourth-order valence-electron chi connectivity index (χ4n) is 2.54. The second-order valence-electron chi connectivity index (χ2n) is 5.60. The topological polar surface area (TPSA) is 93.1 Å². The maximum absolute atomic E-state index is 12.4. The van der Waals surface area contributed by atoms with E-state index in [1.807, 2.05) is 19.1 Å². The number of carbonyl (C=O) groups is 1. The van der Waals surface area contributed by atoms with Gasteiger partial charge >= 0.3 is 0 Å². The molecular formula is C14H16N4O3S. The molecule has 0 aliphatic carbocycles. The Labute approximate surface area is 128 Å². The molecule has 1 fully saturated rings. The summed E-state index contributed by atoms with van der Waals surface area (Å²) in [5.74, 6) is -0.302. The van der Waals surface area contributed by atoms with Crippen LogP contribution in [0.5, 0.6) is 0 Å². The van der Waals surface area contributed by atoms with Crippen LogP contribution in [0.4, 0.5) is 0 Å². The molecule has 0 radical (unpaired) electrons. The molecule has 3 rings (SSSR count). The third-order valence-corrected chi connectivity index (χ3v) is 5.63. The highest BCUT2D eigenvalue weighted by Gasteiger charge is 2.33. The predicted octanol–water partition coefficient (Wildman–Crippen LogP) is 0.592. The van der Waals surface area contributed by atoms with E-state index < -0.39 is 15.7 Å². The minimum Gasteiger partial charge on any atom is -0.335 e. The number of rotatable bonds is 2. The van der Waals surface area contributed by atoms with Crippen molar-refractivity contribution in [3.8, 4) is 0 Å². The number of carbonyl (C=O) groups excluding carboxylic acids is 1. The van der Waals surface area contributed by atoms with Crippen LogP contribution in [0.2, 0.25) is 0 Å². The van der Waals surface area contributed by atoms with E-state index >= 15 is 0 Å². The molecule has 1 aromatic heterocycles. The second kappa shape index (κ2) is 5.28. The van der Waals surface area contributed by atoms with Gasteiger partial charge in [-0.1, -0.05) is 6.07 Å². The van der Waals surface area contributed by atoms with Crippen LogP contribution in [0.3, 0.4) is 0 Å². The Kier molecular flexibility index (Phi) is 3.56. The highest BCUT2D eigenvalue weighted by Crippen LogP contribution is 2.18. The summed E-state index contributed by atoms with van der Waals surface area (Å²) < 4.78 is 23.1. The number of aromatic nitrogens is 3. The summed E-state index contributed by atoms with van der Waals surface area (Å²) in [4.78, 5) is 18.1. The van der Waals surface area contributed by atoms with Crippen LogP contribution in [-0.4, -0.2) is 59.0 Å². The fraction of sp³-hybridized carbons (Fsp3) is 0.429. The molecule has 0 saturated carbocycles. The first kappa shape index (κ1) is 14.8. The van der Waals surface area contributed by atoms with Crippen LogP contribution >= 0.6 is 0 Å². The van der Waals surface area contributed by atoms with Gasteiger partial charge in [-0.2, -0.15) is 0 Å². The normalized spacial score (nSPS) is 20.2. The van der Waals surface area contributed by atoms with Crippen molar-refractivity contribution in [2.75, 3.05) is 18.6 Å². The van der Waals surface area contributed by atoms with Crippen LogP contribution in [-0.2, 0) is 9.84 Å². The average Bonchev–Trinajstić information content (AvgIpc) is 2.85. The zero-order chi connectivity index (χ0) is 15.9. The van der Waals surface area contributed by atoms with Gasteiger partial charge in [0.15, 0.2) is 9.84 Å². The molecule has 1 unspecified atom stereocenters. The lowest BCUT2D eigenvalue weighted by atomic mass is 10.2. The zero-order valence-corrected chi connectivity index (χ0v) is 13.2. The standard InChI is InChI=1S/C14H16N4O3S/c1-9-3-4-11-12(7-9)15-13(17-16-11)14(19)18(2)10-5-6-22(20,21)8-10/h3-4,7,10H,5-6,8H2,1-2H3. The lowest BCUT2D eigenvalue weighted by Crippen LogP contribution is -2.38. The van der Waals surface area contributed by atoms with E-state index in [9.17, 15) is 13.2 Å². The van der Waals surface area contributed by atoms with Gasteiger partial charge in [-0.15, -0.1) is 10.2 Å². The molecule has 1 aromatic carbocycles. The fourth-order valence-corrected chi connectivity index (χ4v) is 4.31. The first-order valence-electron chi connectivity index (χ1n) is 6.94. The predicted molar refractivity (Wildman–Crippen MR) is 81.2 cm³/mol. The smallest absolute Gasteiger partial charge is 0.293 e. The maximum atomic E-state index is 12.4. The number of aryl methyl sites for hydroxylation is 1. The Morgan fingerprint density at radius 1 is 1.27 bits per heavy atom. The van der Waals surface area contributed by atoms with Gasteiger partial charge in [0, 0.05) is 13.1 Å². The van der Waals surface area contributed by atoms with Crippen molar-refractivity contribution in [2.24, 2.45) is 0 Å². The summed E-state index contributed by atoms with van der Waals surface area (Å²) in [5.41, 5.74) is 2.24. The van der Waals surface area contributed by atoms with E-state index in [2.05, 4.69) is 15.2 Å². The third kappa shape index (κ3) is 2.78. The maximum Gasteiger partial charge on any atom is 0.293 e. The first-order chi connectivity index (χ1) is 10.4. The zero-order valence-electron chi connectivity index (χ0n) is 12.4. The van der Waals surface area contributed by atoms with E-state index in [1.165, 1.54) is 4.90 Å². The molecule has 2 heterocycles. The Hall–Kier alpha value is -2.09. The summed E-state index contributed by atoms with van der Waals surface area (Å²) in [7, 11) is -1.47. The van der Waals surface area contributed by atoms with E-state index in [1.54, 1.807) is 13.1 Å². The average molecular weight is 320 g/mol. The minimum atomic E-state index is -3.05. The molecule has 1 atom stereocenters. The molecule has 7 nitrogen and oxygen atoms in total. The number of benzene rings is 1. The molecule has 0 spiro atoms. The van der Waals surface area contributed by atoms with Gasteiger partial charge in [0.05, 0.1) is 17.0 Å². The molecule has 8 heteroatoms. The van der Waals surface area contributed by atoms with Crippen LogP contribution in [0.15, 0.2) is 18.2 Å². The molecule has 22 heavy (non-hydrogen) atoms. The van der Waals surface area contributed by atoms with Gasteiger partial charge in [-0.25, -0.2) is 13.4 Å². The van der Waals surface area contributed by atoms with Crippen molar-refractivity contribution in [3.05, 3.63) is 29.6 Å². The summed E-state index contributed by atoms with van der Waals surface area (Å²) in [6.07, 6.45) is 0.449. The molecule has 1 aliphatic rings. The molecule has 116 valence electrons. The van der Waals surface area contributed by atoms with Gasteiger partial charge in [0.25, 0.3) is 5.91 Å². The monoisotopic (exact) mass is 320 g/mol. The number of fused-ring (bicyclic) bond motifs is 1. The van der Waals surface area contributed by atoms with Crippen LogP contribution in [0.1, 0.15) is 22.6 Å². The van der Waals surface area contributed by atoms with Gasteiger partial charge in [-0.05, 0) is 31.0 Å². The summed E-state index contributed by atoms with van der Waals surface area (Å²) >= 11 is 0. The highest BCUT2D eigenvalue weighted by atomic mass is 32.2. The summed E-state index contributed by atoms with van der Waals surface area (Å²) in [5, 5.41) is 7.87. The van der Waals surface area contributed by atoms with E-state index in [0.717, 1.165) is 5.56 Å². The lowest BCUT2D eigenvalue weighted by Gasteiger charge is -2.22. The Bertz CT molecular complexity index is 850. The Morgan fingerprint density at radius 3 is 2.73 bits per heavy atom. The molecule has 0 bridgehead atoms. The summed E-state index contributed by atoms with van der Waals surface area (Å²) in [6.45, 7) is 1.93. The number of hydrogen-bond donors (Lipinski definition) is 0. The number of sulfone groups is 1. The minimum absolute atomic E-state index is 0.00461. The van der Waals surface area contributed by atoms with Gasteiger partial charge < -0.3 is 4.90 Å².